The van der Waals surface area contributed by atoms with Crippen LogP contribution in [0.2, 0.25) is 0 Å². The fourth-order valence-corrected chi connectivity index (χ4v) is 2.07. The van der Waals surface area contributed by atoms with Crippen molar-refractivity contribution in [1.82, 2.24) is 15.5 Å². The molecule has 0 fully saturated rings. The summed E-state index contributed by atoms with van der Waals surface area (Å²) in [6, 6.07) is 0.492. The molecule has 5 heteroatoms. The Hall–Kier alpha value is -0.0400. The molecule has 0 aromatic rings. The lowest BCUT2D eigenvalue weighted by atomic mass is 10.1. The van der Waals surface area contributed by atoms with Crippen molar-refractivity contribution in [2.45, 2.75) is 59.4 Å². The quantitative estimate of drug-likeness (QED) is 0.257. The molecule has 1 unspecified atom stereocenters. The molecule has 122 valence electrons. The maximum absolute atomic E-state index is 4.28. The maximum Gasteiger partial charge on any atom is 0.191 e. The lowest BCUT2D eigenvalue weighted by molar-refractivity contribution is 0.308. The molecular formula is C15H35IN4. The Balaban J connectivity index is 0. The van der Waals surface area contributed by atoms with Crippen molar-refractivity contribution >= 4 is 29.9 Å². The Kier molecular flexibility index (Phi) is 17.1. The van der Waals surface area contributed by atoms with E-state index in [1.807, 2.05) is 7.05 Å². The maximum atomic E-state index is 4.28. The van der Waals surface area contributed by atoms with Gasteiger partial charge in [-0.25, -0.2) is 0 Å². The third kappa shape index (κ3) is 11.8. The number of nitrogens with zero attached hydrogens (tertiary/aromatic N) is 2. The summed E-state index contributed by atoms with van der Waals surface area (Å²) in [5.74, 6) is 0.927. The SMILES string of the molecule is CCCCCC(C)NC(=NC)NCCN(CC)CC.I. The second kappa shape index (κ2) is 15.4. The third-order valence-electron chi connectivity index (χ3n) is 3.46. The van der Waals surface area contributed by atoms with Crippen molar-refractivity contribution in [2.24, 2.45) is 4.99 Å². The van der Waals surface area contributed by atoms with E-state index in [0.717, 1.165) is 32.1 Å². The van der Waals surface area contributed by atoms with Crippen LogP contribution in [0.4, 0.5) is 0 Å². The number of nitrogens with one attached hydrogen (secondary N) is 2. The molecule has 0 aliphatic heterocycles. The highest BCUT2D eigenvalue weighted by atomic mass is 127. The van der Waals surface area contributed by atoms with Crippen LogP contribution in [0.5, 0.6) is 0 Å². The van der Waals surface area contributed by atoms with Crippen LogP contribution in [0.15, 0.2) is 4.99 Å². The van der Waals surface area contributed by atoms with Gasteiger partial charge in [0.15, 0.2) is 5.96 Å². The largest absolute Gasteiger partial charge is 0.355 e. The van der Waals surface area contributed by atoms with Crippen molar-refractivity contribution in [1.29, 1.82) is 0 Å². The van der Waals surface area contributed by atoms with Crippen LogP contribution >= 0.6 is 24.0 Å². The molecule has 20 heavy (non-hydrogen) atoms. The second-order valence-electron chi connectivity index (χ2n) is 5.07. The standard InChI is InChI=1S/C15H34N4.HI/c1-6-9-10-11-14(4)18-15(16-5)17-12-13-19(7-2)8-3;/h14H,6-13H2,1-5H3,(H2,16,17,18);1H. The van der Waals surface area contributed by atoms with Gasteiger partial charge in [0.1, 0.15) is 0 Å². The predicted octanol–water partition coefficient (Wildman–Crippen LogP) is 3.08. The van der Waals surface area contributed by atoms with Gasteiger partial charge in [-0.1, -0.05) is 40.0 Å². The molecule has 0 bridgehead atoms. The van der Waals surface area contributed by atoms with Crippen LogP contribution in [0.1, 0.15) is 53.4 Å². The van der Waals surface area contributed by atoms with Crippen LogP contribution < -0.4 is 10.6 Å². The number of hydrogen-bond acceptors (Lipinski definition) is 2. The van der Waals surface area contributed by atoms with Gasteiger partial charge in [-0.15, -0.1) is 24.0 Å². The van der Waals surface area contributed by atoms with Gasteiger partial charge in [0.05, 0.1) is 0 Å². The van der Waals surface area contributed by atoms with Gasteiger partial charge >= 0.3 is 0 Å². The number of unbranched alkanes of at least 4 members (excludes halogenated alkanes) is 2. The Labute approximate surface area is 143 Å². The Morgan fingerprint density at radius 3 is 2.30 bits per heavy atom. The summed E-state index contributed by atoms with van der Waals surface area (Å²) in [7, 11) is 1.84. The molecule has 1 atom stereocenters. The zero-order chi connectivity index (χ0) is 14.5. The van der Waals surface area contributed by atoms with Gasteiger partial charge in [-0.3, -0.25) is 4.99 Å². The number of halogens is 1. The molecule has 0 saturated heterocycles. The van der Waals surface area contributed by atoms with Crippen molar-refractivity contribution in [3.05, 3.63) is 0 Å². The summed E-state index contributed by atoms with van der Waals surface area (Å²) in [4.78, 5) is 6.69. The highest BCUT2D eigenvalue weighted by Crippen LogP contribution is 2.02. The highest BCUT2D eigenvalue weighted by molar-refractivity contribution is 14.0. The zero-order valence-corrected chi connectivity index (χ0v) is 16.4. The van der Waals surface area contributed by atoms with Gasteiger partial charge in [0.2, 0.25) is 0 Å². The molecule has 0 aromatic heterocycles. The van der Waals surface area contributed by atoms with E-state index in [4.69, 9.17) is 0 Å². The van der Waals surface area contributed by atoms with Gasteiger partial charge in [0, 0.05) is 26.2 Å². The molecule has 0 heterocycles. The summed E-state index contributed by atoms with van der Waals surface area (Å²) in [6.07, 6.45) is 5.11. The summed E-state index contributed by atoms with van der Waals surface area (Å²) in [6.45, 7) is 13.1. The molecule has 0 aromatic carbocycles. The number of likely N-dealkylation sites (N-methyl/N-ethyl adjacent to an activating group) is 1. The molecule has 0 aliphatic carbocycles. The van der Waals surface area contributed by atoms with Gasteiger partial charge in [-0.05, 0) is 26.4 Å². The highest BCUT2D eigenvalue weighted by Gasteiger charge is 2.05. The van der Waals surface area contributed by atoms with Gasteiger partial charge < -0.3 is 15.5 Å². The molecule has 0 spiro atoms. The van der Waals surface area contributed by atoms with E-state index in [2.05, 4.69) is 48.2 Å². The average Bonchev–Trinajstić information content (AvgIpc) is 2.42. The summed E-state index contributed by atoms with van der Waals surface area (Å²) < 4.78 is 0. The van der Waals surface area contributed by atoms with Gasteiger partial charge in [-0.2, -0.15) is 0 Å². The topological polar surface area (TPSA) is 39.7 Å². The Morgan fingerprint density at radius 1 is 1.15 bits per heavy atom. The van der Waals surface area contributed by atoms with E-state index in [1.54, 1.807) is 0 Å². The minimum atomic E-state index is 0. The van der Waals surface area contributed by atoms with Crippen LogP contribution in [0, 0.1) is 0 Å². The fourth-order valence-electron chi connectivity index (χ4n) is 2.07. The minimum Gasteiger partial charge on any atom is -0.355 e. The average molecular weight is 398 g/mol. The number of rotatable bonds is 10. The molecule has 0 amide bonds. The van der Waals surface area contributed by atoms with Crippen molar-refractivity contribution < 1.29 is 0 Å². The zero-order valence-electron chi connectivity index (χ0n) is 14.0. The van der Waals surface area contributed by atoms with Crippen LogP contribution in [-0.2, 0) is 0 Å². The molecule has 0 rings (SSSR count). The molecular weight excluding hydrogens is 363 g/mol. The first-order valence-corrected chi connectivity index (χ1v) is 7.87. The van der Waals surface area contributed by atoms with E-state index >= 15 is 0 Å². The first-order valence-electron chi connectivity index (χ1n) is 7.87. The predicted molar refractivity (Wildman–Crippen MR) is 101 cm³/mol. The third-order valence-corrected chi connectivity index (χ3v) is 3.46. The van der Waals surface area contributed by atoms with Crippen molar-refractivity contribution in [3.63, 3.8) is 0 Å². The number of hydrogen-bond donors (Lipinski definition) is 2. The smallest absolute Gasteiger partial charge is 0.191 e. The number of aliphatic imine (C=N–C) groups is 1. The first kappa shape index (κ1) is 22.2. The summed E-state index contributed by atoms with van der Waals surface area (Å²) >= 11 is 0. The molecule has 4 nitrogen and oxygen atoms in total. The Bertz CT molecular complexity index is 230. The van der Waals surface area contributed by atoms with Crippen molar-refractivity contribution in [3.8, 4) is 0 Å². The molecule has 0 radical (unpaired) electrons. The van der Waals surface area contributed by atoms with E-state index in [0.29, 0.717) is 6.04 Å². The minimum absolute atomic E-state index is 0. The van der Waals surface area contributed by atoms with Crippen LogP contribution in [0.3, 0.4) is 0 Å². The van der Waals surface area contributed by atoms with Crippen LogP contribution in [-0.4, -0.2) is 50.1 Å². The summed E-state index contributed by atoms with van der Waals surface area (Å²) in [5.41, 5.74) is 0. The van der Waals surface area contributed by atoms with E-state index in [9.17, 15) is 0 Å². The summed E-state index contributed by atoms with van der Waals surface area (Å²) in [5, 5.41) is 6.84. The molecule has 0 saturated carbocycles. The van der Waals surface area contributed by atoms with E-state index in [1.165, 1.54) is 25.7 Å². The van der Waals surface area contributed by atoms with E-state index in [-0.39, 0.29) is 24.0 Å². The normalized spacial score (nSPS) is 13.0. The van der Waals surface area contributed by atoms with Gasteiger partial charge in [0.25, 0.3) is 0 Å². The second-order valence-corrected chi connectivity index (χ2v) is 5.07. The molecule has 0 aliphatic rings. The van der Waals surface area contributed by atoms with E-state index < -0.39 is 0 Å². The monoisotopic (exact) mass is 398 g/mol. The lowest BCUT2D eigenvalue weighted by Crippen LogP contribution is -2.44. The fraction of sp³-hybridized carbons (Fsp3) is 0.933. The lowest BCUT2D eigenvalue weighted by Gasteiger charge is -2.21. The Morgan fingerprint density at radius 2 is 1.80 bits per heavy atom. The number of guanidine groups is 1. The van der Waals surface area contributed by atoms with Crippen molar-refractivity contribution in [2.75, 3.05) is 33.2 Å². The van der Waals surface area contributed by atoms with Crippen LogP contribution in [0.25, 0.3) is 0 Å². The first-order chi connectivity index (χ1) is 9.17. The molecule has 2 N–H and O–H groups in total.